The van der Waals surface area contributed by atoms with Crippen molar-refractivity contribution in [3.05, 3.63) is 41.6 Å². The zero-order chi connectivity index (χ0) is 18.0. The first-order chi connectivity index (χ1) is 12.0. The number of ether oxygens (including phenoxy) is 1. The monoisotopic (exact) mass is 353 g/mol. The zero-order valence-corrected chi connectivity index (χ0v) is 13.5. The van der Waals surface area contributed by atoms with Gasteiger partial charge in [0, 0.05) is 6.54 Å². The van der Waals surface area contributed by atoms with E-state index in [0.717, 1.165) is 23.9 Å². The van der Waals surface area contributed by atoms with E-state index in [9.17, 15) is 13.2 Å². The summed E-state index contributed by atoms with van der Waals surface area (Å²) in [4.78, 5) is 0. The molecule has 25 heavy (non-hydrogen) atoms. The molecule has 0 bridgehead atoms. The number of hydrogen-bond acceptors (Lipinski definition) is 6. The predicted octanol–water partition coefficient (Wildman–Crippen LogP) is 3.01. The number of alkyl halides is 3. The molecule has 0 spiro atoms. The first-order valence-electron chi connectivity index (χ1n) is 7.72. The van der Waals surface area contributed by atoms with E-state index in [1.165, 1.54) is 0 Å². The van der Waals surface area contributed by atoms with Gasteiger partial charge in [0.05, 0.1) is 19.0 Å². The van der Waals surface area contributed by atoms with Crippen LogP contribution in [0.3, 0.4) is 0 Å². The molecule has 3 rings (SSSR count). The van der Waals surface area contributed by atoms with Gasteiger partial charge < -0.3 is 15.5 Å². The van der Waals surface area contributed by atoms with Crippen LogP contribution in [0, 0.1) is 5.92 Å². The molecule has 2 unspecified atom stereocenters. The summed E-state index contributed by atoms with van der Waals surface area (Å²) < 4.78 is 45.1. The Morgan fingerprint density at radius 2 is 2.08 bits per heavy atom. The second-order valence-corrected chi connectivity index (χ2v) is 5.85. The Bertz CT molecular complexity index is 753. The van der Waals surface area contributed by atoms with E-state index in [4.69, 9.17) is 10.6 Å². The molecule has 1 aromatic heterocycles. The highest BCUT2D eigenvalue weighted by Gasteiger charge is 2.41. The number of para-hydroxylation sites is 1. The van der Waals surface area contributed by atoms with E-state index >= 15 is 0 Å². The number of hydrazine groups is 1. The summed E-state index contributed by atoms with van der Waals surface area (Å²) in [7, 11) is 1.61. The third kappa shape index (κ3) is 3.60. The zero-order valence-electron chi connectivity index (χ0n) is 13.5. The molecule has 1 aromatic carbocycles. The van der Waals surface area contributed by atoms with Crippen LogP contribution < -0.4 is 21.3 Å². The van der Waals surface area contributed by atoms with Crippen molar-refractivity contribution in [2.75, 3.05) is 24.4 Å². The van der Waals surface area contributed by atoms with Gasteiger partial charge in [0.25, 0.3) is 0 Å². The van der Waals surface area contributed by atoms with Crippen molar-refractivity contribution in [2.45, 2.75) is 18.5 Å². The van der Waals surface area contributed by atoms with E-state index < -0.39 is 17.6 Å². The van der Waals surface area contributed by atoms with Gasteiger partial charge in [0.1, 0.15) is 11.3 Å². The van der Waals surface area contributed by atoms with Crippen molar-refractivity contribution < 1.29 is 17.9 Å². The molecule has 0 aliphatic heterocycles. The number of anilines is 2. The predicted molar refractivity (Wildman–Crippen MR) is 87.2 cm³/mol. The average Bonchev–Trinajstić information content (AvgIpc) is 3.38. The minimum atomic E-state index is -4.59. The van der Waals surface area contributed by atoms with Gasteiger partial charge in [-0.15, -0.1) is 5.10 Å². The summed E-state index contributed by atoms with van der Waals surface area (Å²) in [6, 6.07) is 7.67. The summed E-state index contributed by atoms with van der Waals surface area (Å²) in [5.74, 6) is 5.90. The molecule has 1 fully saturated rings. The Balaban J connectivity index is 1.72. The van der Waals surface area contributed by atoms with Crippen LogP contribution in [0.4, 0.5) is 24.7 Å². The van der Waals surface area contributed by atoms with E-state index in [0.29, 0.717) is 6.54 Å². The molecule has 134 valence electrons. The van der Waals surface area contributed by atoms with E-state index in [1.807, 2.05) is 29.7 Å². The second-order valence-electron chi connectivity index (χ2n) is 5.85. The van der Waals surface area contributed by atoms with Crippen molar-refractivity contribution in [2.24, 2.45) is 11.8 Å². The number of nitrogens with two attached hydrogens (primary N) is 1. The van der Waals surface area contributed by atoms with Crippen LogP contribution in [0.5, 0.6) is 5.75 Å². The average molecular weight is 353 g/mol. The molecule has 2 aromatic rings. The van der Waals surface area contributed by atoms with Gasteiger partial charge in [0.15, 0.2) is 5.82 Å². The highest BCUT2D eigenvalue weighted by atomic mass is 19.4. The molecular formula is C16H18F3N5O. The molecule has 2 atom stereocenters. The van der Waals surface area contributed by atoms with Crippen LogP contribution in [0.2, 0.25) is 0 Å². The number of nitrogens with one attached hydrogen (secondary N) is 2. The fourth-order valence-electron chi connectivity index (χ4n) is 2.98. The minimum absolute atomic E-state index is 0.138. The Morgan fingerprint density at radius 3 is 2.76 bits per heavy atom. The van der Waals surface area contributed by atoms with Crippen molar-refractivity contribution in [3.8, 4) is 5.75 Å². The SMILES string of the molecule is COc1ccccc1C1CC1CNc1cnnc(NN)c1C(F)(F)F. The molecule has 1 saturated carbocycles. The first-order valence-corrected chi connectivity index (χ1v) is 7.72. The Labute approximate surface area is 142 Å². The number of nitrogen functional groups attached to an aromatic ring is 1. The number of hydrogen-bond donors (Lipinski definition) is 3. The highest BCUT2D eigenvalue weighted by Crippen LogP contribution is 2.50. The topological polar surface area (TPSA) is 85.1 Å². The number of rotatable bonds is 6. The number of nitrogens with zero attached hydrogens (tertiary/aromatic N) is 2. The second kappa shape index (κ2) is 6.75. The normalized spacial score (nSPS) is 19.4. The Kier molecular flexibility index (Phi) is 4.67. The van der Waals surface area contributed by atoms with Crippen molar-refractivity contribution >= 4 is 11.5 Å². The number of aromatic nitrogens is 2. The minimum Gasteiger partial charge on any atom is -0.496 e. The summed E-state index contributed by atoms with van der Waals surface area (Å²) >= 11 is 0. The summed E-state index contributed by atoms with van der Waals surface area (Å²) in [5, 5.41) is 9.78. The summed E-state index contributed by atoms with van der Waals surface area (Å²) in [6.45, 7) is 0.390. The Morgan fingerprint density at radius 1 is 1.32 bits per heavy atom. The molecule has 0 saturated heterocycles. The van der Waals surface area contributed by atoms with Crippen LogP contribution in [0.25, 0.3) is 0 Å². The largest absolute Gasteiger partial charge is 0.496 e. The van der Waals surface area contributed by atoms with Crippen molar-refractivity contribution in [3.63, 3.8) is 0 Å². The van der Waals surface area contributed by atoms with Crippen molar-refractivity contribution in [1.29, 1.82) is 0 Å². The summed E-state index contributed by atoms with van der Waals surface area (Å²) in [5.41, 5.74) is 1.94. The fourth-order valence-corrected chi connectivity index (χ4v) is 2.98. The van der Waals surface area contributed by atoms with Gasteiger partial charge in [-0.1, -0.05) is 18.2 Å². The lowest BCUT2D eigenvalue weighted by Crippen LogP contribution is -2.20. The molecule has 1 aliphatic rings. The summed E-state index contributed by atoms with van der Waals surface area (Å²) in [6.07, 6.45) is -2.65. The maximum Gasteiger partial charge on any atom is 0.422 e. The molecule has 0 amide bonds. The maximum atomic E-state index is 13.3. The first kappa shape index (κ1) is 17.3. The highest BCUT2D eigenvalue weighted by molar-refractivity contribution is 5.61. The fraction of sp³-hybridized carbons (Fsp3) is 0.375. The van der Waals surface area contributed by atoms with E-state index in [-0.39, 0.29) is 17.5 Å². The lowest BCUT2D eigenvalue weighted by Gasteiger charge is -2.16. The molecule has 9 heteroatoms. The molecule has 1 heterocycles. The number of benzene rings is 1. The molecule has 4 N–H and O–H groups in total. The third-order valence-corrected chi connectivity index (χ3v) is 4.29. The van der Waals surface area contributed by atoms with Crippen LogP contribution in [-0.2, 0) is 6.18 Å². The van der Waals surface area contributed by atoms with Crippen molar-refractivity contribution in [1.82, 2.24) is 10.2 Å². The molecule has 0 radical (unpaired) electrons. The standard InChI is InChI=1S/C16H18F3N5O/c1-25-13-5-3-2-4-10(13)11-6-9(11)7-21-12-8-22-24-15(23-20)14(12)16(17,18)19/h2-5,8-9,11H,6-7,20H2,1H3,(H2,21,23,24). The molecule has 6 nitrogen and oxygen atoms in total. The lowest BCUT2D eigenvalue weighted by molar-refractivity contribution is -0.136. The number of methoxy groups -OCH3 is 1. The van der Waals surface area contributed by atoms with Gasteiger partial charge in [-0.25, -0.2) is 5.84 Å². The third-order valence-electron chi connectivity index (χ3n) is 4.29. The lowest BCUT2D eigenvalue weighted by atomic mass is 10.1. The quantitative estimate of drug-likeness (QED) is 0.547. The van der Waals surface area contributed by atoms with Gasteiger partial charge in [-0.2, -0.15) is 18.3 Å². The van der Waals surface area contributed by atoms with Gasteiger partial charge in [-0.05, 0) is 29.9 Å². The van der Waals surface area contributed by atoms with Crippen LogP contribution in [0.1, 0.15) is 23.5 Å². The Hall–Kier alpha value is -2.55. The maximum absolute atomic E-state index is 13.3. The molecule has 1 aliphatic carbocycles. The van der Waals surface area contributed by atoms with Gasteiger partial charge in [0.2, 0.25) is 0 Å². The van der Waals surface area contributed by atoms with E-state index in [1.54, 1.807) is 7.11 Å². The van der Waals surface area contributed by atoms with Crippen LogP contribution in [0.15, 0.2) is 30.5 Å². The van der Waals surface area contributed by atoms with Crippen LogP contribution >= 0.6 is 0 Å². The molecular weight excluding hydrogens is 335 g/mol. The number of halogens is 3. The van der Waals surface area contributed by atoms with Gasteiger partial charge in [-0.3, -0.25) is 0 Å². The van der Waals surface area contributed by atoms with Gasteiger partial charge >= 0.3 is 6.18 Å². The smallest absolute Gasteiger partial charge is 0.422 e. The van der Waals surface area contributed by atoms with Crippen LogP contribution in [-0.4, -0.2) is 23.9 Å². The van der Waals surface area contributed by atoms with E-state index in [2.05, 4.69) is 15.5 Å².